The van der Waals surface area contributed by atoms with Crippen molar-refractivity contribution in [1.82, 2.24) is 4.31 Å². The van der Waals surface area contributed by atoms with Gasteiger partial charge in [-0.3, -0.25) is 0 Å². The Hall–Kier alpha value is -2.45. The molecule has 1 saturated heterocycles. The van der Waals surface area contributed by atoms with Crippen LogP contribution in [0.3, 0.4) is 0 Å². The first kappa shape index (κ1) is 19.3. The van der Waals surface area contributed by atoms with Gasteiger partial charge in [-0.2, -0.15) is 4.31 Å². The number of ether oxygens (including phenoxy) is 1. The lowest BCUT2D eigenvalue weighted by molar-refractivity contribution is 0.242. The van der Waals surface area contributed by atoms with Crippen LogP contribution in [0.4, 0.5) is 11.4 Å². The third-order valence-corrected chi connectivity index (χ3v) is 6.36. The zero-order chi connectivity index (χ0) is 19.6. The van der Waals surface area contributed by atoms with Gasteiger partial charge in [-0.05, 0) is 50.2 Å². The average Bonchev–Trinajstić information content (AvgIpc) is 2.64. The lowest BCUT2D eigenvalue weighted by atomic mass is 10.2. The molecule has 0 saturated carbocycles. The number of anilines is 2. The second-order valence-electron chi connectivity index (χ2n) is 6.77. The fourth-order valence-corrected chi connectivity index (χ4v) is 4.45. The molecule has 0 amide bonds. The summed E-state index contributed by atoms with van der Waals surface area (Å²) in [6.45, 7) is 5.67. The first-order valence-corrected chi connectivity index (χ1v) is 10.3. The van der Waals surface area contributed by atoms with Crippen LogP contribution < -0.4 is 15.4 Å². The van der Waals surface area contributed by atoms with Gasteiger partial charge >= 0.3 is 0 Å². The third kappa shape index (κ3) is 4.28. The fraction of sp³-hybridized carbons (Fsp3) is 0.368. The third-order valence-electron chi connectivity index (χ3n) is 4.45. The van der Waals surface area contributed by atoms with Gasteiger partial charge in [-0.15, -0.1) is 0 Å². The van der Waals surface area contributed by atoms with Gasteiger partial charge in [0.05, 0.1) is 16.7 Å². The molecular weight excluding hydrogens is 366 g/mol. The SMILES string of the molecule is CC(C)Oc1ccc(S(=O)(=O)N2CCN(c3ccc(N)c(O)c3)CC2)cc1. The van der Waals surface area contributed by atoms with Crippen molar-refractivity contribution in [2.45, 2.75) is 24.8 Å². The number of benzene rings is 2. The molecule has 0 atom stereocenters. The minimum absolute atomic E-state index is 0.0336. The number of phenols is 1. The topological polar surface area (TPSA) is 96.1 Å². The number of phenolic OH excluding ortho intramolecular Hbond substituents is 1. The molecule has 7 nitrogen and oxygen atoms in total. The van der Waals surface area contributed by atoms with Crippen LogP contribution in [-0.4, -0.2) is 50.1 Å². The highest BCUT2D eigenvalue weighted by molar-refractivity contribution is 7.89. The maximum atomic E-state index is 12.9. The van der Waals surface area contributed by atoms with E-state index in [4.69, 9.17) is 10.5 Å². The molecule has 3 N–H and O–H groups in total. The summed E-state index contributed by atoms with van der Waals surface area (Å²) in [5.74, 6) is 0.684. The van der Waals surface area contributed by atoms with Crippen LogP contribution in [0.15, 0.2) is 47.4 Å². The molecule has 1 aliphatic rings. The summed E-state index contributed by atoms with van der Waals surface area (Å²) in [5.41, 5.74) is 6.79. The highest BCUT2D eigenvalue weighted by Crippen LogP contribution is 2.28. The predicted octanol–water partition coefficient (Wildman–Crippen LogP) is 2.27. The molecule has 0 aromatic heterocycles. The minimum atomic E-state index is -3.55. The fourth-order valence-electron chi connectivity index (χ4n) is 3.03. The number of nitrogens with zero attached hydrogens (tertiary/aromatic N) is 2. The first-order chi connectivity index (χ1) is 12.8. The Morgan fingerprint density at radius 3 is 2.22 bits per heavy atom. The molecule has 3 rings (SSSR count). The molecule has 0 bridgehead atoms. The number of hydrogen-bond donors (Lipinski definition) is 2. The van der Waals surface area contributed by atoms with Crippen molar-refractivity contribution in [1.29, 1.82) is 0 Å². The summed E-state index contributed by atoms with van der Waals surface area (Å²) in [5, 5.41) is 9.77. The Balaban J connectivity index is 1.68. The number of nitrogen functional groups attached to an aromatic ring is 1. The number of piperazine rings is 1. The van der Waals surface area contributed by atoms with Gasteiger partial charge < -0.3 is 20.5 Å². The van der Waals surface area contributed by atoms with E-state index >= 15 is 0 Å². The van der Waals surface area contributed by atoms with Gasteiger partial charge in [0, 0.05) is 37.9 Å². The van der Waals surface area contributed by atoms with E-state index in [1.807, 2.05) is 24.8 Å². The Bertz CT molecular complexity index is 890. The van der Waals surface area contributed by atoms with Crippen LogP contribution in [0.5, 0.6) is 11.5 Å². The Morgan fingerprint density at radius 2 is 1.67 bits per heavy atom. The second-order valence-corrected chi connectivity index (χ2v) is 8.71. The van der Waals surface area contributed by atoms with Gasteiger partial charge in [0.1, 0.15) is 11.5 Å². The van der Waals surface area contributed by atoms with Crippen molar-refractivity contribution in [2.24, 2.45) is 0 Å². The summed E-state index contributed by atoms with van der Waals surface area (Å²) in [7, 11) is -3.55. The molecular formula is C19H25N3O4S. The van der Waals surface area contributed by atoms with E-state index in [1.54, 1.807) is 36.4 Å². The van der Waals surface area contributed by atoms with Crippen LogP contribution in [0, 0.1) is 0 Å². The minimum Gasteiger partial charge on any atom is -0.506 e. The van der Waals surface area contributed by atoms with Gasteiger partial charge in [0.25, 0.3) is 0 Å². The van der Waals surface area contributed by atoms with Crippen LogP contribution in [-0.2, 0) is 10.0 Å². The lowest BCUT2D eigenvalue weighted by Crippen LogP contribution is -2.48. The molecule has 27 heavy (non-hydrogen) atoms. The summed E-state index contributed by atoms with van der Waals surface area (Å²) < 4.78 is 32.8. The number of aromatic hydroxyl groups is 1. The molecule has 0 spiro atoms. The van der Waals surface area contributed by atoms with Crippen molar-refractivity contribution in [3.8, 4) is 11.5 Å². The largest absolute Gasteiger partial charge is 0.506 e. The summed E-state index contributed by atoms with van der Waals surface area (Å²) in [4.78, 5) is 2.29. The number of hydrogen-bond acceptors (Lipinski definition) is 6. The zero-order valence-electron chi connectivity index (χ0n) is 15.5. The van der Waals surface area contributed by atoms with Crippen LogP contribution in [0.25, 0.3) is 0 Å². The molecule has 1 aliphatic heterocycles. The van der Waals surface area contributed by atoms with Gasteiger partial charge in [-0.25, -0.2) is 8.42 Å². The number of sulfonamides is 1. The van der Waals surface area contributed by atoms with Gasteiger partial charge in [-0.1, -0.05) is 0 Å². The standard InChI is InChI=1S/C19H25N3O4S/c1-14(2)26-16-4-6-17(7-5-16)27(24,25)22-11-9-21(10-12-22)15-3-8-18(20)19(23)13-15/h3-8,13-14,23H,9-12,20H2,1-2H3. The van der Waals surface area contributed by atoms with Gasteiger partial charge in [0.2, 0.25) is 10.0 Å². The van der Waals surface area contributed by atoms with E-state index < -0.39 is 10.0 Å². The molecule has 0 unspecified atom stereocenters. The van der Waals surface area contributed by atoms with Crippen LogP contribution in [0.1, 0.15) is 13.8 Å². The summed E-state index contributed by atoms with van der Waals surface area (Å²) in [6.07, 6.45) is 0.0355. The van der Waals surface area contributed by atoms with Crippen molar-refractivity contribution < 1.29 is 18.3 Å². The van der Waals surface area contributed by atoms with Crippen molar-refractivity contribution in [3.63, 3.8) is 0 Å². The van der Waals surface area contributed by atoms with Crippen molar-refractivity contribution in [2.75, 3.05) is 36.8 Å². The second kappa shape index (κ2) is 7.66. The van der Waals surface area contributed by atoms with Crippen molar-refractivity contribution >= 4 is 21.4 Å². The molecule has 2 aromatic carbocycles. The molecule has 0 radical (unpaired) electrons. The van der Waals surface area contributed by atoms with E-state index in [0.717, 1.165) is 5.69 Å². The normalized spacial score (nSPS) is 15.9. The highest BCUT2D eigenvalue weighted by atomic mass is 32.2. The molecule has 2 aromatic rings. The molecule has 8 heteroatoms. The Kier molecular flexibility index (Phi) is 5.48. The average molecular weight is 391 g/mol. The van der Waals surface area contributed by atoms with Crippen LogP contribution >= 0.6 is 0 Å². The maximum Gasteiger partial charge on any atom is 0.243 e. The monoisotopic (exact) mass is 391 g/mol. The molecule has 1 fully saturated rings. The van der Waals surface area contributed by atoms with E-state index in [1.165, 1.54) is 4.31 Å². The quantitative estimate of drug-likeness (QED) is 0.600. The Morgan fingerprint density at radius 1 is 1.04 bits per heavy atom. The predicted molar refractivity (Wildman–Crippen MR) is 106 cm³/mol. The number of nitrogens with two attached hydrogens (primary N) is 1. The first-order valence-electron chi connectivity index (χ1n) is 8.87. The van der Waals surface area contributed by atoms with Crippen molar-refractivity contribution in [3.05, 3.63) is 42.5 Å². The van der Waals surface area contributed by atoms with Gasteiger partial charge in [0.15, 0.2) is 0 Å². The number of rotatable bonds is 5. The Labute approximate surface area is 160 Å². The van der Waals surface area contributed by atoms with Crippen LogP contribution in [0.2, 0.25) is 0 Å². The smallest absolute Gasteiger partial charge is 0.243 e. The summed E-state index contributed by atoms with van der Waals surface area (Å²) >= 11 is 0. The zero-order valence-corrected chi connectivity index (χ0v) is 16.3. The summed E-state index contributed by atoms with van der Waals surface area (Å²) in [6, 6.07) is 11.6. The lowest BCUT2D eigenvalue weighted by Gasteiger charge is -2.35. The molecule has 1 heterocycles. The van der Waals surface area contributed by atoms with E-state index in [2.05, 4.69) is 0 Å². The highest BCUT2D eigenvalue weighted by Gasteiger charge is 2.28. The molecule has 0 aliphatic carbocycles. The van der Waals surface area contributed by atoms with E-state index in [9.17, 15) is 13.5 Å². The molecule has 146 valence electrons. The van der Waals surface area contributed by atoms with E-state index in [0.29, 0.717) is 37.6 Å². The maximum absolute atomic E-state index is 12.9. The van der Waals surface area contributed by atoms with E-state index in [-0.39, 0.29) is 16.7 Å².